The van der Waals surface area contributed by atoms with Gasteiger partial charge in [-0.25, -0.2) is 0 Å². The molecule has 9 aromatic rings. The fraction of sp³-hybridized carbons (Fsp3) is 0.294. The molecule has 364 valence electrons. The minimum Gasteiger partial charge on any atom is -0.334 e. The van der Waals surface area contributed by atoms with E-state index in [1.54, 1.807) is 0 Å². The third kappa shape index (κ3) is 6.83. The zero-order valence-corrected chi connectivity index (χ0v) is 45.6. The Hall–Kier alpha value is -6.56. The third-order valence-electron chi connectivity index (χ3n) is 17.9. The molecule has 2 unspecified atom stereocenters. The summed E-state index contributed by atoms with van der Waals surface area (Å²) in [5, 5.41) is 2.66. The lowest BCUT2D eigenvalue weighted by Crippen LogP contribution is -2.61. The Bertz CT molecular complexity index is 3710. The molecule has 4 aliphatic rings. The molecular formula is C68H68BN3S. The highest BCUT2D eigenvalue weighted by Crippen LogP contribution is 2.62. The number of hydrogen-bond acceptors (Lipinski definition) is 4. The van der Waals surface area contributed by atoms with Crippen LogP contribution in [-0.2, 0) is 21.7 Å². The fourth-order valence-corrected chi connectivity index (χ4v) is 14.9. The predicted molar refractivity (Wildman–Crippen MR) is 318 cm³/mol. The van der Waals surface area contributed by atoms with Gasteiger partial charge in [-0.1, -0.05) is 185 Å². The van der Waals surface area contributed by atoms with Crippen LogP contribution in [0.15, 0.2) is 164 Å². The summed E-state index contributed by atoms with van der Waals surface area (Å²) in [6.45, 7) is 26.3. The molecule has 8 aromatic carbocycles. The Morgan fingerprint density at radius 1 is 0.466 bits per heavy atom. The number of fused-ring (bicyclic) bond motifs is 11. The van der Waals surface area contributed by atoms with Gasteiger partial charge < -0.3 is 14.7 Å². The first kappa shape index (κ1) is 46.2. The number of hydrogen-bond donors (Lipinski definition) is 0. The second kappa shape index (κ2) is 16.0. The monoisotopic (exact) mass is 970 g/mol. The summed E-state index contributed by atoms with van der Waals surface area (Å²) in [6.07, 6.45) is 4.78. The van der Waals surface area contributed by atoms with Crippen molar-refractivity contribution in [2.75, 3.05) is 14.7 Å². The number of para-hydroxylation sites is 1. The molecule has 0 N–H and O–H groups in total. The van der Waals surface area contributed by atoms with Crippen molar-refractivity contribution in [1.82, 2.24) is 0 Å². The van der Waals surface area contributed by atoms with Crippen molar-refractivity contribution in [2.45, 2.75) is 129 Å². The van der Waals surface area contributed by atoms with Crippen molar-refractivity contribution in [2.24, 2.45) is 0 Å². The van der Waals surface area contributed by atoms with Gasteiger partial charge in [0.1, 0.15) is 0 Å². The van der Waals surface area contributed by atoms with Gasteiger partial charge in [0.25, 0.3) is 6.71 Å². The van der Waals surface area contributed by atoms with E-state index in [4.69, 9.17) is 0 Å². The predicted octanol–water partition coefficient (Wildman–Crippen LogP) is 17.4. The Morgan fingerprint density at radius 3 is 1.88 bits per heavy atom. The standard InChI is InChI=1S/C68H68BN3S/c1-64(2,3)44-24-21-25-47(38-44)70-57-40-46(66(7,8)9)30-33-53(57)69-61-58(70)41-48(72-55-28-17-16-27-52(55)67(10)36-19-20-37-68(67,72)11)42-59(61)71(56-35-32-50-49-26-15-18-29-60(49)73-63(50)62(56)69)54-34-31-45(65(4,5)6)39-51(54)43-22-13-12-14-23-43/h12-18,21-35,38-42H,19-20,36-37H2,1-11H3. The smallest absolute Gasteiger partial charge is 0.254 e. The number of thiophene rings is 1. The van der Waals surface area contributed by atoms with Gasteiger partial charge in [0.15, 0.2) is 0 Å². The highest BCUT2D eigenvalue weighted by molar-refractivity contribution is 7.28. The molecule has 0 bridgehead atoms. The van der Waals surface area contributed by atoms with Crippen molar-refractivity contribution in [3.63, 3.8) is 0 Å². The lowest BCUT2D eigenvalue weighted by molar-refractivity contribution is 0.195. The Labute approximate surface area is 438 Å². The molecule has 73 heavy (non-hydrogen) atoms. The van der Waals surface area contributed by atoms with Gasteiger partial charge in [0.2, 0.25) is 0 Å². The number of anilines is 8. The lowest BCUT2D eigenvalue weighted by Gasteiger charge is -2.51. The van der Waals surface area contributed by atoms with Gasteiger partial charge in [-0.2, -0.15) is 0 Å². The van der Waals surface area contributed by atoms with Crippen LogP contribution in [0, 0.1) is 0 Å². The Kier molecular flexibility index (Phi) is 10.1. The minimum atomic E-state index is -0.136. The molecule has 0 amide bonds. The van der Waals surface area contributed by atoms with Crippen LogP contribution in [0.5, 0.6) is 0 Å². The molecule has 2 atom stereocenters. The zero-order valence-electron chi connectivity index (χ0n) is 44.7. The molecule has 5 heteroatoms. The van der Waals surface area contributed by atoms with Crippen LogP contribution in [0.3, 0.4) is 0 Å². The van der Waals surface area contributed by atoms with Crippen LogP contribution < -0.4 is 31.1 Å². The molecule has 4 heterocycles. The summed E-state index contributed by atoms with van der Waals surface area (Å²) in [4.78, 5) is 8.19. The van der Waals surface area contributed by atoms with E-state index in [0.717, 1.165) is 6.42 Å². The summed E-state index contributed by atoms with van der Waals surface area (Å²) >= 11 is 1.97. The van der Waals surface area contributed by atoms with Crippen LogP contribution in [0.25, 0.3) is 31.3 Å². The first-order valence-corrected chi connectivity index (χ1v) is 27.7. The van der Waals surface area contributed by atoms with Crippen molar-refractivity contribution < 1.29 is 0 Å². The largest absolute Gasteiger partial charge is 0.334 e. The summed E-state index contributed by atoms with van der Waals surface area (Å²) in [6, 6.07) is 64.1. The molecule has 1 fully saturated rings. The van der Waals surface area contributed by atoms with Gasteiger partial charge in [-0.05, 0) is 146 Å². The van der Waals surface area contributed by atoms with Crippen molar-refractivity contribution in [1.29, 1.82) is 0 Å². The van der Waals surface area contributed by atoms with E-state index in [1.807, 2.05) is 11.3 Å². The third-order valence-corrected chi connectivity index (χ3v) is 19.1. The molecule has 0 radical (unpaired) electrons. The maximum Gasteiger partial charge on any atom is 0.254 e. The van der Waals surface area contributed by atoms with Crippen molar-refractivity contribution >= 4 is 100 Å². The Balaban J connectivity index is 1.21. The summed E-state index contributed by atoms with van der Waals surface area (Å²) < 4.78 is 2.70. The van der Waals surface area contributed by atoms with Crippen LogP contribution in [0.2, 0.25) is 0 Å². The van der Waals surface area contributed by atoms with E-state index < -0.39 is 0 Å². The van der Waals surface area contributed by atoms with Crippen LogP contribution in [0.1, 0.15) is 124 Å². The second-order valence-corrected chi connectivity index (χ2v) is 26.4. The van der Waals surface area contributed by atoms with E-state index >= 15 is 0 Å². The van der Waals surface area contributed by atoms with E-state index in [9.17, 15) is 0 Å². The maximum atomic E-state index is 2.81. The average Bonchev–Trinajstić information content (AvgIpc) is 3.85. The molecule has 0 saturated heterocycles. The van der Waals surface area contributed by atoms with Crippen LogP contribution in [-0.4, -0.2) is 12.3 Å². The minimum absolute atomic E-state index is 0.00517. The molecular weight excluding hydrogens is 902 g/mol. The van der Waals surface area contributed by atoms with Gasteiger partial charge >= 0.3 is 0 Å². The molecule has 0 spiro atoms. The van der Waals surface area contributed by atoms with Crippen LogP contribution >= 0.6 is 11.3 Å². The van der Waals surface area contributed by atoms with E-state index in [-0.39, 0.29) is 33.9 Å². The van der Waals surface area contributed by atoms with E-state index in [1.165, 1.54) is 135 Å². The fourth-order valence-electron chi connectivity index (χ4n) is 13.6. The van der Waals surface area contributed by atoms with Gasteiger partial charge in [-0.15, -0.1) is 11.3 Å². The van der Waals surface area contributed by atoms with Gasteiger partial charge in [-0.3, -0.25) is 0 Å². The van der Waals surface area contributed by atoms with Crippen molar-refractivity contribution in [3.05, 3.63) is 186 Å². The maximum absolute atomic E-state index is 2.81. The van der Waals surface area contributed by atoms with Gasteiger partial charge in [0.05, 0.1) is 11.2 Å². The summed E-state index contributed by atoms with van der Waals surface area (Å²) in [5.74, 6) is 0. The molecule has 3 nitrogen and oxygen atoms in total. The second-order valence-electron chi connectivity index (χ2n) is 25.3. The van der Waals surface area contributed by atoms with E-state index in [0.29, 0.717) is 0 Å². The number of benzene rings is 8. The highest BCUT2D eigenvalue weighted by atomic mass is 32.1. The lowest BCUT2D eigenvalue weighted by atomic mass is 9.33. The summed E-state index contributed by atoms with van der Waals surface area (Å²) in [7, 11) is 0. The molecule has 1 saturated carbocycles. The molecule has 13 rings (SSSR count). The average molecular weight is 970 g/mol. The highest BCUT2D eigenvalue weighted by Gasteiger charge is 2.58. The first-order valence-electron chi connectivity index (χ1n) is 26.9. The van der Waals surface area contributed by atoms with Gasteiger partial charge in [0, 0.05) is 65.6 Å². The molecule has 3 aliphatic heterocycles. The van der Waals surface area contributed by atoms with E-state index in [2.05, 4.69) is 255 Å². The SMILES string of the molecule is CC(C)(C)c1cccc(N2c3cc(C(C)(C)C)ccc3B3c4c2cc(N2c5ccccc5C5(C)CCCCC25C)cc4N(c2ccc(C(C)(C)C)cc2-c2ccccc2)c2ccc4c(sc5ccccc54)c23)c1. The Morgan fingerprint density at radius 2 is 1.11 bits per heavy atom. The summed E-state index contributed by atoms with van der Waals surface area (Å²) in [5.41, 5.74) is 21.8. The normalized spacial score (nSPS) is 19.2. The molecule has 1 aromatic heterocycles. The number of nitrogens with zero attached hydrogens (tertiary/aromatic N) is 3. The zero-order chi connectivity index (χ0) is 50.6. The van der Waals surface area contributed by atoms with Crippen molar-refractivity contribution in [3.8, 4) is 11.1 Å². The topological polar surface area (TPSA) is 9.72 Å². The van der Waals surface area contributed by atoms with Crippen LogP contribution in [0.4, 0.5) is 45.5 Å². The first-order chi connectivity index (χ1) is 34.8. The number of rotatable bonds is 4. The quantitative estimate of drug-likeness (QED) is 0.163. The molecule has 1 aliphatic carbocycles.